The summed E-state index contributed by atoms with van der Waals surface area (Å²) in [4.78, 5) is 23.5. The number of Topliss-reactive ketones (excluding diaryl/α,β-unsaturated/α-hetero) is 2. The second kappa shape index (κ2) is 6.39. The van der Waals surface area contributed by atoms with Gasteiger partial charge in [-0.15, -0.1) is 0 Å². The summed E-state index contributed by atoms with van der Waals surface area (Å²) in [6.45, 7) is 8.11. The Bertz CT molecular complexity index is 603. The first-order valence-corrected chi connectivity index (χ1v) is 10.3. The van der Waals surface area contributed by atoms with E-state index in [1.807, 2.05) is 6.92 Å². The molecule has 0 radical (unpaired) electrons. The van der Waals surface area contributed by atoms with E-state index in [2.05, 4.69) is 13.8 Å². The van der Waals surface area contributed by atoms with Gasteiger partial charge in [0.05, 0.1) is 6.10 Å². The van der Waals surface area contributed by atoms with E-state index < -0.39 is 5.79 Å². The third-order valence-electron chi connectivity index (χ3n) is 7.51. The van der Waals surface area contributed by atoms with Gasteiger partial charge in [0.25, 0.3) is 0 Å². The Morgan fingerprint density at radius 3 is 2.58 bits per heavy atom. The van der Waals surface area contributed by atoms with Crippen molar-refractivity contribution in [3.63, 3.8) is 0 Å². The summed E-state index contributed by atoms with van der Waals surface area (Å²) in [5.41, 5.74) is -0.344. The van der Waals surface area contributed by atoms with Crippen molar-refractivity contribution in [2.45, 2.75) is 96.4 Å². The van der Waals surface area contributed by atoms with Crippen LogP contribution in [0.4, 0.5) is 0 Å². The molecule has 5 nitrogen and oxygen atoms in total. The molecular weight excluding hydrogens is 332 g/mol. The van der Waals surface area contributed by atoms with Crippen molar-refractivity contribution >= 4 is 11.6 Å². The zero-order valence-electron chi connectivity index (χ0n) is 16.5. The quantitative estimate of drug-likeness (QED) is 0.745. The van der Waals surface area contributed by atoms with E-state index >= 15 is 0 Å². The van der Waals surface area contributed by atoms with E-state index in [0.29, 0.717) is 37.0 Å². The predicted octanol–water partition coefficient (Wildman–Crippen LogP) is 3.63. The van der Waals surface area contributed by atoms with E-state index in [1.54, 1.807) is 0 Å². The van der Waals surface area contributed by atoms with Crippen LogP contribution in [-0.2, 0) is 23.8 Å². The molecule has 1 saturated carbocycles. The van der Waals surface area contributed by atoms with Gasteiger partial charge in [-0.05, 0) is 56.8 Å². The molecule has 0 aromatic heterocycles. The fourth-order valence-corrected chi connectivity index (χ4v) is 6.12. The molecule has 4 aliphatic rings. The first kappa shape index (κ1) is 18.6. The Kier molecular flexibility index (Phi) is 4.56. The molecule has 0 aromatic rings. The van der Waals surface area contributed by atoms with Gasteiger partial charge in [0.15, 0.2) is 12.1 Å². The summed E-state index contributed by atoms with van der Waals surface area (Å²) in [5, 5.41) is 0. The first-order valence-electron chi connectivity index (χ1n) is 10.3. The highest BCUT2D eigenvalue weighted by atomic mass is 16.8. The Morgan fingerprint density at radius 1 is 1.08 bits per heavy atom. The Balaban J connectivity index is 1.56. The maximum Gasteiger partial charge on any atom is 0.190 e. The number of carbonyl (C=O) groups excluding carboxylic acids is 2. The summed E-state index contributed by atoms with van der Waals surface area (Å²) in [6.07, 6.45) is 4.86. The topological polar surface area (TPSA) is 61.8 Å². The van der Waals surface area contributed by atoms with Crippen LogP contribution >= 0.6 is 0 Å². The SMILES string of the molecule is CC(=O)CCC(=O)CC1O[C@@H]2OC3(C)CCC4[C@H](C)CC[C@@H](C1C)[C@]42O3. The normalized spacial score (nSPS) is 49.5. The van der Waals surface area contributed by atoms with Gasteiger partial charge in [-0.3, -0.25) is 4.79 Å². The van der Waals surface area contributed by atoms with E-state index in [1.165, 1.54) is 13.3 Å². The van der Waals surface area contributed by atoms with Crippen LogP contribution in [0.1, 0.15) is 72.6 Å². The van der Waals surface area contributed by atoms with Gasteiger partial charge < -0.3 is 19.0 Å². The van der Waals surface area contributed by atoms with E-state index in [0.717, 1.165) is 19.3 Å². The molecule has 1 aliphatic carbocycles. The van der Waals surface area contributed by atoms with Crippen molar-refractivity contribution in [2.24, 2.45) is 23.7 Å². The van der Waals surface area contributed by atoms with Crippen LogP contribution in [0, 0.1) is 23.7 Å². The van der Waals surface area contributed by atoms with Crippen LogP contribution in [0.5, 0.6) is 0 Å². The molecule has 146 valence electrons. The molecule has 4 fully saturated rings. The van der Waals surface area contributed by atoms with Crippen molar-refractivity contribution in [1.82, 2.24) is 0 Å². The minimum atomic E-state index is -0.552. The van der Waals surface area contributed by atoms with Gasteiger partial charge in [-0.25, -0.2) is 0 Å². The zero-order chi connectivity index (χ0) is 18.7. The number of ether oxygens (including phenoxy) is 3. The van der Waals surface area contributed by atoms with Gasteiger partial charge in [0.2, 0.25) is 0 Å². The first-order chi connectivity index (χ1) is 12.2. The number of hydrogen-bond donors (Lipinski definition) is 0. The summed E-state index contributed by atoms with van der Waals surface area (Å²) in [6, 6.07) is 0. The minimum Gasteiger partial charge on any atom is -0.346 e. The van der Waals surface area contributed by atoms with Gasteiger partial charge in [-0.1, -0.05) is 13.8 Å². The molecule has 1 spiro atoms. The molecule has 5 heteroatoms. The number of hydrogen-bond acceptors (Lipinski definition) is 5. The predicted molar refractivity (Wildman–Crippen MR) is 95.3 cm³/mol. The average molecular weight is 364 g/mol. The molecule has 0 N–H and O–H groups in total. The van der Waals surface area contributed by atoms with E-state index in [4.69, 9.17) is 14.2 Å². The minimum absolute atomic E-state index is 0.0632. The number of rotatable bonds is 5. The van der Waals surface area contributed by atoms with Crippen molar-refractivity contribution in [2.75, 3.05) is 0 Å². The highest BCUT2D eigenvalue weighted by Crippen LogP contribution is 2.63. The Hall–Kier alpha value is -0.780. The molecule has 3 saturated heterocycles. The van der Waals surface area contributed by atoms with Gasteiger partial charge in [0, 0.05) is 25.7 Å². The molecule has 26 heavy (non-hydrogen) atoms. The molecule has 4 rings (SSSR count). The van der Waals surface area contributed by atoms with Crippen LogP contribution < -0.4 is 0 Å². The van der Waals surface area contributed by atoms with E-state index in [-0.39, 0.29) is 35.5 Å². The molecule has 2 bridgehead atoms. The highest BCUT2D eigenvalue weighted by molar-refractivity contribution is 5.85. The fraction of sp³-hybridized carbons (Fsp3) is 0.905. The summed E-state index contributed by atoms with van der Waals surface area (Å²) < 4.78 is 19.3. The van der Waals surface area contributed by atoms with Crippen molar-refractivity contribution in [3.8, 4) is 0 Å². The smallest absolute Gasteiger partial charge is 0.190 e. The van der Waals surface area contributed by atoms with Crippen molar-refractivity contribution in [3.05, 3.63) is 0 Å². The standard InChI is InChI=1S/C21H32O5/c1-12-5-8-17-14(3)18(11-15(23)7-6-13(2)22)24-19-21(17)16(12)9-10-20(4,25-19)26-21/h12,14,16-19H,5-11H2,1-4H3/t12-,14?,16?,17+,18?,19-,20?,21-/m1/s1. The van der Waals surface area contributed by atoms with Gasteiger partial charge >= 0.3 is 0 Å². The second-order valence-corrected chi connectivity index (χ2v) is 9.32. The molecule has 0 amide bonds. The lowest BCUT2D eigenvalue weighted by Crippen LogP contribution is -2.66. The van der Waals surface area contributed by atoms with Crippen molar-refractivity contribution < 1.29 is 23.8 Å². The van der Waals surface area contributed by atoms with Gasteiger partial charge in [0.1, 0.15) is 17.2 Å². The maximum atomic E-state index is 12.4. The highest BCUT2D eigenvalue weighted by Gasteiger charge is 2.71. The summed E-state index contributed by atoms with van der Waals surface area (Å²) in [5.74, 6) is 1.34. The van der Waals surface area contributed by atoms with E-state index in [9.17, 15) is 9.59 Å². The average Bonchev–Trinajstić information content (AvgIpc) is 2.78. The molecule has 0 aromatic carbocycles. The number of ketones is 2. The molecule has 3 heterocycles. The summed E-state index contributed by atoms with van der Waals surface area (Å²) >= 11 is 0. The third kappa shape index (κ3) is 2.78. The van der Waals surface area contributed by atoms with Gasteiger partial charge in [-0.2, -0.15) is 0 Å². The Labute approximate surface area is 156 Å². The van der Waals surface area contributed by atoms with Crippen LogP contribution in [0.3, 0.4) is 0 Å². The monoisotopic (exact) mass is 364 g/mol. The van der Waals surface area contributed by atoms with Crippen LogP contribution in [-0.4, -0.2) is 35.3 Å². The Morgan fingerprint density at radius 2 is 1.85 bits per heavy atom. The zero-order valence-corrected chi connectivity index (χ0v) is 16.5. The van der Waals surface area contributed by atoms with Crippen LogP contribution in [0.25, 0.3) is 0 Å². The van der Waals surface area contributed by atoms with Crippen LogP contribution in [0.15, 0.2) is 0 Å². The van der Waals surface area contributed by atoms with Crippen molar-refractivity contribution in [1.29, 1.82) is 0 Å². The maximum absolute atomic E-state index is 12.4. The molecule has 8 atom stereocenters. The number of carbonyl (C=O) groups is 2. The largest absolute Gasteiger partial charge is 0.346 e. The lowest BCUT2D eigenvalue weighted by Gasteiger charge is -2.58. The lowest BCUT2D eigenvalue weighted by atomic mass is 9.56. The third-order valence-corrected chi connectivity index (χ3v) is 7.51. The molecular formula is C21H32O5. The molecule has 3 aliphatic heterocycles. The van der Waals surface area contributed by atoms with Crippen LogP contribution in [0.2, 0.25) is 0 Å². The number of fused-ring (bicyclic) bond motifs is 1. The molecule has 4 unspecified atom stereocenters. The second-order valence-electron chi connectivity index (χ2n) is 9.32. The fourth-order valence-electron chi connectivity index (χ4n) is 6.12. The summed E-state index contributed by atoms with van der Waals surface area (Å²) in [7, 11) is 0. The lowest BCUT2D eigenvalue weighted by molar-refractivity contribution is -0.288.